The summed E-state index contributed by atoms with van der Waals surface area (Å²) in [7, 11) is 0. The summed E-state index contributed by atoms with van der Waals surface area (Å²) in [6, 6.07) is 21.2. The zero-order chi connectivity index (χ0) is 38.7. The van der Waals surface area contributed by atoms with Gasteiger partial charge in [0.15, 0.2) is 10.6 Å². The van der Waals surface area contributed by atoms with Gasteiger partial charge in [-0.3, -0.25) is 9.59 Å². The number of aryl methyl sites for hydroxylation is 2. The number of aromatic nitrogens is 2. The van der Waals surface area contributed by atoms with Gasteiger partial charge in [0.1, 0.15) is 12.4 Å². The summed E-state index contributed by atoms with van der Waals surface area (Å²) in [6.45, 7) is 13.2. The molecule has 0 fully saturated rings. The Hall–Kier alpha value is -4.58. The maximum Gasteiger partial charge on any atom is 0.310 e. The number of rotatable bonds is 18. The molecule has 4 aromatic rings. The summed E-state index contributed by atoms with van der Waals surface area (Å²) >= 11 is -1.27. The Balaban J connectivity index is 1.34. The zero-order valence-electron chi connectivity index (χ0n) is 32.2. The molecular formula is C43H54N4O6S. The maximum absolute atomic E-state index is 13.8. The lowest BCUT2D eigenvalue weighted by atomic mass is 9.91. The van der Waals surface area contributed by atoms with Crippen molar-refractivity contribution < 1.29 is 28.7 Å². The van der Waals surface area contributed by atoms with Crippen LogP contribution in [0.1, 0.15) is 76.8 Å². The van der Waals surface area contributed by atoms with Crippen molar-refractivity contribution in [1.82, 2.24) is 9.55 Å². The van der Waals surface area contributed by atoms with Gasteiger partial charge >= 0.3 is 5.97 Å². The second-order valence-electron chi connectivity index (χ2n) is 14.4. The largest absolute Gasteiger partial charge is 0.611 e. The van der Waals surface area contributed by atoms with Gasteiger partial charge in [-0.1, -0.05) is 38.5 Å². The van der Waals surface area contributed by atoms with Crippen LogP contribution in [0.3, 0.4) is 0 Å². The quantitative estimate of drug-likeness (QED) is 0.0765. The summed E-state index contributed by atoms with van der Waals surface area (Å²) in [4.78, 5) is 33.1. The molecule has 288 valence electrons. The predicted octanol–water partition coefficient (Wildman–Crippen LogP) is 8.50. The van der Waals surface area contributed by atoms with Crippen molar-refractivity contribution in [3.63, 3.8) is 0 Å². The second kappa shape index (κ2) is 19.1. The molecule has 0 unspecified atom stereocenters. The number of imidazole rings is 1. The molecule has 0 radical (unpaired) electrons. The summed E-state index contributed by atoms with van der Waals surface area (Å²) in [6.07, 6.45) is 8.03. The van der Waals surface area contributed by atoms with Crippen LogP contribution < -0.4 is 15.0 Å². The highest BCUT2D eigenvalue weighted by Gasteiger charge is 2.31. The van der Waals surface area contributed by atoms with Crippen LogP contribution in [0.15, 0.2) is 83.5 Å². The lowest BCUT2D eigenvalue weighted by Gasteiger charge is -2.34. The Morgan fingerprint density at radius 3 is 2.43 bits per heavy atom. The number of carboxylic acids is 1. The zero-order valence-corrected chi connectivity index (χ0v) is 33.0. The first-order valence-corrected chi connectivity index (χ1v) is 20.2. The number of nitrogens with zero attached hydrogens (tertiary/aromatic N) is 3. The molecule has 1 aromatic heterocycles. The highest BCUT2D eigenvalue weighted by molar-refractivity contribution is 7.90. The Bertz CT molecular complexity index is 1890. The van der Waals surface area contributed by atoms with Crippen LogP contribution in [0, 0.1) is 12.3 Å². The van der Waals surface area contributed by atoms with Gasteiger partial charge in [0.05, 0.1) is 29.7 Å². The molecule has 0 saturated heterocycles. The van der Waals surface area contributed by atoms with Crippen LogP contribution >= 0.6 is 0 Å². The Kier molecular flexibility index (Phi) is 14.4. The molecule has 1 aliphatic rings. The number of aliphatic carboxylic acids is 1. The molecule has 0 spiro atoms. The van der Waals surface area contributed by atoms with Crippen molar-refractivity contribution in [2.24, 2.45) is 5.41 Å². The first-order valence-electron chi connectivity index (χ1n) is 18.9. The van der Waals surface area contributed by atoms with Crippen LogP contribution in [0.4, 0.5) is 11.4 Å². The minimum absolute atomic E-state index is 0.209. The highest BCUT2D eigenvalue weighted by Crippen LogP contribution is 2.35. The molecule has 0 aliphatic carbocycles. The van der Waals surface area contributed by atoms with Crippen molar-refractivity contribution in [3.8, 4) is 16.9 Å². The summed E-state index contributed by atoms with van der Waals surface area (Å²) in [5.74, 6) is 0.0674. The number of carboxylic acid groups (broad SMARTS) is 1. The van der Waals surface area contributed by atoms with E-state index in [2.05, 4.69) is 39.7 Å². The second-order valence-corrected chi connectivity index (χ2v) is 15.9. The molecule has 3 aromatic carbocycles. The van der Waals surface area contributed by atoms with Gasteiger partial charge in [0, 0.05) is 43.2 Å². The molecule has 2 N–H and O–H groups in total. The molecular weight excluding hydrogens is 701 g/mol. The number of ether oxygens (including phenoxy) is 2. The number of fused-ring (bicyclic) bond motifs is 1. The van der Waals surface area contributed by atoms with Crippen LogP contribution in [-0.2, 0) is 37.8 Å². The smallest absolute Gasteiger partial charge is 0.310 e. The molecule has 1 atom stereocenters. The van der Waals surface area contributed by atoms with E-state index in [0.29, 0.717) is 61.1 Å². The fourth-order valence-corrected chi connectivity index (χ4v) is 7.64. The molecule has 5 rings (SSSR count). The van der Waals surface area contributed by atoms with Crippen LogP contribution in [-0.4, -0.2) is 64.0 Å². The van der Waals surface area contributed by atoms with Crippen LogP contribution in [0.25, 0.3) is 17.2 Å². The molecule has 10 nitrogen and oxygen atoms in total. The van der Waals surface area contributed by atoms with E-state index in [1.165, 1.54) is 0 Å². The lowest BCUT2D eigenvalue weighted by molar-refractivity contribution is -0.146. The summed E-state index contributed by atoms with van der Waals surface area (Å²) < 4.78 is 26.8. The van der Waals surface area contributed by atoms with Gasteiger partial charge in [-0.05, 0) is 129 Å². The van der Waals surface area contributed by atoms with Crippen molar-refractivity contribution in [2.75, 3.05) is 43.1 Å². The molecule has 54 heavy (non-hydrogen) atoms. The van der Waals surface area contributed by atoms with Gasteiger partial charge in [-0.2, -0.15) is 0 Å². The van der Waals surface area contributed by atoms with Gasteiger partial charge in [-0.25, -0.2) is 4.98 Å². The number of carbonyl (C=O) groups excluding carboxylic acids is 1. The minimum Gasteiger partial charge on any atom is -0.611 e. The number of benzene rings is 3. The van der Waals surface area contributed by atoms with E-state index in [1.807, 2.05) is 55.7 Å². The van der Waals surface area contributed by atoms with Crippen molar-refractivity contribution in [1.29, 1.82) is 0 Å². The third-order valence-electron chi connectivity index (χ3n) is 9.62. The van der Waals surface area contributed by atoms with Crippen LogP contribution in [0.2, 0.25) is 0 Å². The Morgan fingerprint density at radius 1 is 0.981 bits per heavy atom. The average Bonchev–Trinajstić information content (AvgIpc) is 3.49. The molecule has 0 saturated carbocycles. The number of hydrogen-bond acceptors (Lipinski definition) is 7. The molecule has 0 bridgehead atoms. The Morgan fingerprint density at radius 2 is 1.72 bits per heavy atom. The number of anilines is 2. The lowest BCUT2D eigenvalue weighted by Crippen LogP contribution is -2.40. The van der Waals surface area contributed by atoms with Crippen molar-refractivity contribution in [3.05, 3.63) is 95.6 Å². The van der Waals surface area contributed by atoms with Gasteiger partial charge < -0.3 is 33.9 Å². The van der Waals surface area contributed by atoms with E-state index in [1.54, 1.807) is 38.1 Å². The number of unbranched alkanes of at least 4 members (excludes halogenated alkanes) is 1. The van der Waals surface area contributed by atoms with E-state index in [-0.39, 0.29) is 5.91 Å². The normalized spacial score (nSPS) is 14.7. The molecule has 1 aliphatic heterocycles. The molecule has 11 heteroatoms. The maximum atomic E-state index is 13.8. The number of amides is 1. The predicted molar refractivity (Wildman–Crippen MR) is 216 cm³/mol. The van der Waals surface area contributed by atoms with E-state index in [9.17, 15) is 19.2 Å². The topological polar surface area (TPSA) is 129 Å². The van der Waals surface area contributed by atoms with E-state index < -0.39 is 22.6 Å². The van der Waals surface area contributed by atoms with E-state index in [4.69, 9.17) is 9.47 Å². The molecule has 2 heterocycles. The minimum atomic E-state index is -1.27. The van der Waals surface area contributed by atoms with Gasteiger partial charge in [0.25, 0.3) is 5.91 Å². The monoisotopic (exact) mass is 754 g/mol. The third kappa shape index (κ3) is 10.8. The van der Waals surface area contributed by atoms with E-state index in [0.717, 1.165) is 71.9 Å². The molecule has 1 amide bonds. The van der Waals surface area contributed by atoms with E-state index >= 15 is 0 Å². The first-order chi connectivity index (χ1) is 26.0. The SMILES string of the molecule is CCCCOCCOc1ccc(-c2ccc3c(c2)/C=C(/C(=O)Nc2ccc([S@+]([O-])Cc4c(C)ncn4CCC)cc2)CCCN3CC(C)(C)C(=O)O)cc1. The number of carbonyl (C=O) groups is 2. The first kappa shape index (κ1) is 40.6. The number of hydrogen-bond donors (Lipinski definition) is 2. The van der Waals surface area contributed by atoms with Gasteiger partial charge in [-0.15, -0.1) is 0 Å². The highest BCUT2D eigenvalue weighted by atomic mass is 32.2. The third-order valence-corrected chi connectivity index (χ3v) is 11.0. The summed E-state index contributed by atoms with van der Waals surface area (Å²) in [5, 5.41) is 13.0. The standard InChI is InChI=1S/C43H54N4O6S/c1-6-8-23-52-24-25-53-37-16-11-32(12-17-37)33-13-20-39-35(26-33)27-34(10-9-22-46(39)29-43(4,5)42(49)50)41(48)45-36-14-18-38(19-15-36)54(51)28-40-31(3)44-30-47(40)21-7-2/h11-20,26-27,30H,6-10,21-25,28-29H2,1-5H3,(H,45,48)(H,49,50)/b34-27+/t54-/m1/s1. The average molecular weight is 755 g/mol. The Labute approximate surface area is 322 Å². The fraction of sp³-hybridized carbons (Fsp3) is 0.419. The van der Waals surface area contributed by atoms with Crippen LogP contribution in [0.5, 0.6) is 5.75 Å². The van der Waals surface area contributed by atoms with Crippen molar-refractivity contribution >= 4 is 40.5 Å². The summed E-state index contributed by atoms with van der Waals surface area (Å²) in [5.41, 5.74) is 5.81. The van der Waals surface area contributed by atoms with Gasteiger partial charge in [0.2, 0.25) is 0 Å². The fourth-order valence-electron chi connectivity index (χ4n) is 6.42. The van der Waals surface area contributed by atoms with Crippen molar-refractivity contribution in [2.45, 2.75) is 83.9 Å². The number of nitrogens with one attached hydrogen (secondary N) is 1.